The third-order valence-electron chi connectivity index (χ3n) is 0.129. The van der Waals surface area contributed by atoms with Gasteiger partial charge in [-0.15, -0.1) is 6.58 Å². The molecule has 0 aromatic rings. The van der Waals surface area contributed by atoms with Crippen LogP contribution in [0, 0.1) is 0 Å². The highest BCUT2D eigenvalue weighted by Crippen LogP contribution is 1.46. The first-order valence-electron chi connectivity index (χ1n) is 1.33. The molecule has 0 spiro atoms. The lowest BCUT2D eigenvalue weighted by Gasteiger charge is -1.60. The van der Waals surface area contributed by atoms with Crippen molar-refractivity contribution in [2.24, 2.45) is 0 Å². The molecule has 0 aliphatic carbocycles. The lowest BCUT2D eigenvalue weighted by atomic mass is 10.7. The fraction of sp³-hybridized carbons (Fsp3) is 0.333. The molecule has 0 heterocycles. The van der Waals surface area contributed by atoms with Crippen LogP contribution in [0.2, 0.25) is 0 Å². The maximum atomic E-state index is 7.76. The van der Waals surface area contributed by atoms with Crippen LogP contribution in [0.4, 0.5) is 0 Å². The third kappa shape index (κ3) is 64.6. The van der Waals surface area contributed by atoms with Gasteiger partial charge in [-0.3, -0.25) is 10.5 Å². The van der Waals surface area contributed by atoms with Gasteiger partial charge in [0.1, 0.15) is 0 Å². The van der Waals surface area contributed by atoms with Crippen LogP contribution < -0.4 is 0 Å². The van der Waals surface area contributed by atoms with Crippen LogP contribution >= 0.6 is 0 Å². The molecule has 3 N–H and O–H groups in total. The maximum absolute atomic E-state index is 7.76. The van der Waals surface area contributed by atoms with Gasteiger partial charge in [0, 0.05) is 0 Å². The van der Waals surface area contributed by atoms with E-state index in [0.717, 1.165) is 0 Å². The Morgan fingerprint density at radius 2 is 1.67 bits per heavy atom. The molecule has 0 saturated carbocycles. The number of aliphatic hydroxyl groups is 1. The highest BCUT2D eigenvalue weighted by molar-refractivity contribution is 4.60. The first kappa shape index (κ1) is 9.15. The third-order valence-corrected chi connectivity index (χ3v) is 0.129. The van der Waals surface area contributed by atoms with Crippen molar-refractivity contribution in [1.29, 1.82) is 0 Å². The summed E-state index contributed by atoms with van der Waals surface area (Å²) in [6, 6.07) is 0. The maximum Gasteiger partial charge on any atom is 0.0609 e. The van der Waals surface area contributed by atoms with Crippen molar-refractivity contribution in [3.63, 3.8) is 0 Å². The van der Waals surface area contributed by atoms with Gasteiger partial charge in [-0.1, -0.05) is 6.08 Å². The smallest absolute Gasteiger partial charge is 0.0609 e. The van der Waals surface area contributed by atoms with Gasteiger partial charge in [0.15, 0.2) is 0 Å². The minimum Gasteiger partial charge on any atom is -0.392 e. The van der Waals surface area contributed by atoms with Crippen LogP contribution in [-0.2, 0) is 0 Å². The molecule has 0 radical (unpaired) electrons. The van der Waals surface area contributed by atoms with Crippen LogP contribution in [0.25, 0.3) is 0 Å². The fourth-order valence-corrected chi connectivity index (χ4v) is 0. The van der Waals surface area contributed by atoms with Crippen LogP contribution in [0.3, 0.4) is 0 Å². The zero-order valence-electron chi connectivity index (χ0n) is 3.33. The quantitative estimate of drug-likeness (QED) is 0.245. The molecule has 0 atom stereocenters. The van der Waals surface area contributed by atoms with Gasteiger partial charge >= 0.3 is 0 Å². The molecule has 0 aliphatic heterocycles. The second kappa shape index (κ2) is 23.1. The molecule has 6 heavy (non-hydrogen) atoms. The Morgan fingerprint density at radius 3 is 1.67 bits per heavy atom. The van der Waals surface area contributed by atoms with E-state index in [4.69, 9.17) is 15.6 Å². The first-order valence-corrected chi connectivity index (χ1v) is 1.33. The molecule has 0 unspecified atom stereocenters. The van der Waals surface area contributed by atoms with E-state index in [1.165, 1.54) is 6.08 Å². The van der Waals surface area contributed by atoms with Gasteiger partial charge in [-0.05, 0) is 0 Å². The van der Waals surface area contributed by atoms with E-state index < -0.39 is 0 Å². The molecule has 38 valence electrons. The normalized spacial score (nSPS) is 5.17. The molecule has 0 aliphatic rings. The van der Waals surface area contributed by atoms with Gasteiger partial charge in [-0.2, -0.15) is 0 Å². The van der Waals surface area contributed by atoms with Crippen molar-refractivity contribution in [3.8, 4) is 0 Å². The summed E-state index contributed by atoms with van der Waals surface area (Å²) in [5.41, 5.74) is 0. The highest BCUT2D eigenvalue weighted by atomic mass is 17.0. The summed E-state index contributed by atoms with van der Waals surface area (Å²) < 4.78 is 0. The largest absolute Gasteiger partial charge is 0.392 e. The van der Waals surface area contributed by atoms with E-state index in [2.05, 4.69) is 6.58 Å². The summed E-state index contributed by atoms with van der Waals surface area (Å²) in [6.45, 7) is 3.31. The van der Waals surface area contributed by atoms with Crippen LogP contribution in [0.1, 0.15) is 0 Å². The van der Waals surface area contributed by atoms with Gasteiger partial charge in [0.25, 0.3) is 0 Å². The molecule has 0 rings (SSSR count). The fourth-order valence-electron chi connectivity index (χ4n) is 0. The Morgan fingerprint density at radius 1 is 1.50 bits per heavy atom. The summed E-state index contributed by atoms with van der Waals surface area (Å²) >= 11 is 0. The average molecular weight is 92.1 g/mol. The summed E-state index contributed by atoms with van der Waals surface area (Å²) in [6.07, 6.45) is 1.43. The molecule has 0 aromatic carbocycles. The number of rotatable bonds is 1. The molecule has 3 nitrogen and oxygen atoms in total. The molecular weight excluding hydrogens is 84.0 g/mol. The number of hydrogen-bond donors (Lipinski definition) is 3. The van der Waals surface area contributed by atoms with E-state index in [1.54, 1.807) is 0 Å². The monoisotopic (exact) mass is 92.0 g/mol. The zero-order valence-corrected chi connectivity index (χ0v) is 3.33. The second-order valence-electron chi connectivity index (χ2n) is 0.471. The van der Waals surface area contributed by atoms with E-state index in [9.17, 15) is 0 Å². The molecule has 0 aromatic heterocycles. The first-order chi connectivity index (χ1) is 2.91. The number of hydrogen-bond acceptors (Lipinski definition) is 3. The Kier molecular flexibility index (Phi) is 35.2. The predicted molar refractivity (Wildman–Crippen MR) is 22.5 cm³/mol. The van der Waals surface area contributed by atoms with Crippen LogP contribution in [-0.4, -0.2) is 22.2 Å². The van der Waals surface area contributed by atoms with Crippen molar-refractivity contribution in [2.75, 3.05) is 6.61 Å². The summed E-state index contributed by atoms with van der Waals surface area (Å²) in [5.74, 6) is 0. The molecule has 0 bridgehead atoms. The van der Waals surface area contributed by atoms with Gasteiger partial charge in [0.05, 0.1) is 6.61 Å². The van der Waals surface area contributed by atoms with Crippen molar-refractivity contribution >= 4 is 0 Å². The predicted octanol–water partition coefficient (Wildman–Crippen LogP) is 0.182. The molecule has 0 saturated heterocycles. The van der Waals surface area contributed by atoms with E-state index in [-0.39, 0.29) is 6.61 Å². The standard InChI is InChI=1S/C3H6O.H2O2/c1-2-3-4;1-2/h2,4H,1,3H2;1-2H. The van der Waals surface area contributed by atoms with Gasteiger partial charge in [-0.25, -0.2) is 0 Å². The van der Waals surface area contributed by atoms with Crippen molar-refractivity contribution in [3.05, 3.63) is 12.7 Å². The van der Waals surface area contributed by atoms with Gasteiger partial charge in [0.2, 0.25) is 0 Å². The molecule has 0 amide bonds. The Hall–Kier alpha value is -0.380. The second-order valence-corrected chi connectivity index (χ2v) is 0.471. The zero-order chi connectivity index (χ0) is 5.41. The van der Waals surface area contributed by atoms with E-state index in [0.29, 0.717) is 0 Å². The summed E-state index contributed by atoms with van der Waals surface area (Å²) in [4.78, 5) is 0. The lowest BCUT2D eigenvalue weighted by molar-refractivity contribution is -0.176. The van der Waals surface area contributed by atoms with Crippen molar-refractivity contribution < 1.29 is 15.6 Å². The SMILES string of the molecule is C=CCO.OO. The highest BCUT2D eigenvalue weighted by Gasteiger charge is 1.45. The number of aliphatic hydroxyl groups excluding tert-OH is 1. The van der Waals surface area contributed by atoms with E-state index in [1.807, 2.05) is 0 Å². The van der Waals surface area contributed by atoms with Crippen molar-refractivity contribution in [2.45, 2.75) is 0 Å². The van der Waals surface area contributed by atoms with Crippen LogP contribution in [0.15, 0.2) is 12.7 Å². The Bertz CT molecular complexity index is 20.0. The van der Waals surface area contributed by atoms with Gasteiger partial charge < -0.3 is 5.11 Å². The molecular formula is C3H8O3. The minimum atomic E-state index is 0.0833. The summed E-state index contributed by atoms with van der Waals surface area (Å²) in [7, 11) is 0. The minimum absolute atomic E-state index is 0.0833. The lowest BCUT2D eigenvalue weighted by Crippen LogP contribution is -1.62. The average Bonchev–Trinajstić information content (AvgIpc) is 1.72. The summed E-state index contributed by atoms with van der Waals surface area (Å²) in [5, 5.41) is 19.8. The molecule has 3 heteroatoms. The van der Waals surface area contributed by atoms with E-state index >= 15 is 0 Å². The van der Waals surface area contributed by atoms with Crippen LogP contribution in [0.5, 0.6) is 0 Å². The molecule has 0 fully saturated rings. The Labute approximate surface area is 36.1 Å². The van der Waals surface area contributed by atoms with Crippen molar-refractivity contribution in [1.82, 2.24) is 0 Å². The Balaban J connectivity index is 0. The topological polar surface area (TPSA) is 60.7 Å².